The summed E-state index contributed by atoms with van der Waals surface area (Å²) in [4.78, 5) is 31.1. The third-order valence-electron chi connectivity index (χ3n) is 5.68. The quantitative estimate of drug-likeness (QED) is 0.430. The molecule has 1 N–H and O–H groups in total. The molecular formula is C27H26ClN3O2S. The van der Waals surface area contributed by atoms with Gasteiger partial charge >= 0.3 is 0 Å². The van der Waals surface area contributed by atoms with Crippen molar-refractivity contribution in [1.82, 2.24) is 5.32 Å². The molecule has 34 heavy (non-hydrogen) atoms. The van der Waals surface area contributed by atoms with Gasteiger partial charge in [0.1, 0.15) is 0 Å². The molecule has 0 bridgehead atoms. The van der Waals surface area contributed by atoms with E-state index < -0.39 is 0 Å². The van der Waals surface area contributed by atoms with E-state index in [1.807, 2.05) is 48.5 Å². The molecule has 3 aromatic rings. The summed E-state index contributed by atoms with van der Waals surface area (Å²) in [6.45, 7) is 4.18. The van der Waals surface area contributed by atoms with Gasteiger partial charge in [-0.15, -0.1) is 0 Å². The number of nitrogens with one attached hydrogen (secondary N) is 1. The van der Waals surface area contributed by atoms with Crippen LogP contribution in [0.1, 0.15) is 22.8 Å². The van der Waals surface area contributed by atoms with Crippen molar-refractivity contribution < 1.29 is 9.59 Å². The average molecular weight is 492 g/mol. The van der Waals surface area contributed by atoms with E-state index in [2.05, 4.69) is 29.3 Å². The van der Waals surface area contributed by atoms with Crippen LogP contribution in [0.15, 0.2) is 82.6 Å². The van der Waals surface area contributed by atoms with Crippen LogP contribution in [0.5, 0.6) is 0 Å². The first kappa shape index (κ1) is 23.9. The largest absolute Gasteiger partial charge is 0.370 e. The molecule has 0 saturated heterocycles. The van der Waals surface area contributed by atoms with Crippen LogP contribution >= 0.6 is 23.4 Å². The lowest BCUT2D eigenvalue weighted by Crippen LogP contribution is -2.35. The van der Waals surface area contributed by atoms with E-state index in [1.165, 1.54) is 11.8 Å². The van der Waals surface area contributed by atoms with E-state index in [4.69, 9.17) is 11.6 Å². The summed E-state index contributed by atoms with van der Waals surface area (Å²) in [5.74, 6) is -0.286. The molecule has 0 spiro atoms. The molecule has 1 aliphatic heterocycles. The summed E-state index contributed by atoms with van der Waals surface area (Å²) in [6.07, 6.45) is 1.81. The van der Waals surface area contributed by atoms with E-state index in [1.54, 1.807) is 30.1 Å². The van der Waals surface area contributed by atoms with Crippen molar-refractivity contribution in [1.29, 1.82) is 0 Å². The van der Waals surface area contributed by atoms with E-state index in [0.717, 1.165) is 28.4 Å². The highest BCUT2D eigenvalue weighted by molar-refractivity contribution is 8.04. The van der Waals surface area contributed by atoms with Gasteiger partial charge in [0.15, 0.2) is 0 Å². The number of hydrogen-bond donors (Lipinski definition) is 1. The first-order valence-electron chi connectivity index (χ1n) is 11.1. The molecule has 5 nitrogen and oxygen atoms in total. The van der Waals surface area contributed by atoms with Crippen molar-refractivity contribution in [3.8, 4) is 0 Å². The molecule has 0 atom stereocenters. The standard InChI is InChI=1S/C27H26ClN3O2S/c1-3-31(21-10-5-4-6-11-21)16-15-29-26(32)20-13-14-24-23(17-20)30(2)27(33)25(34-24)18-19-9-7-8-12-22(19)28/h4-14,17-18H,3,15-16H2,1-2H3,(H,29,32)/b25-18-. The van der Waals surface area contributed by atoms with Gasteiger partial charge in [-0.3, -0.25) is 9.59 Å². The molecule has 0 aromatic heterocycles. The van der Waals surface area contributed by atoms with E-state index in [0.29, 0.717) is 28.6 Å². The zero-order valence-electron chi connectivity index (χ0n) is 19.1. The lowest BCUT2D eigenvalue weighted by molar-refractivity contribution is -0.114. The van der Waals surface area contributed by atoms with Gasteiger partial charge in [0.05, 0.1) is 10.6 Å². The minimum atomic E-state index is -0.157. The summed E-state index contributed by atoms with van der Waals surface area (Å²) in [5, 5.41) is 3.59. The summed E-state index contributed by atoms with van der Waals surface area (Å²) < 4.78 is 0. The molecule has 0 fully saturated rings. The Balaban J connectivity index is 1.45. The second kappa shape index (κ2) is 10.8. The van der Waals surface area contributed by atoms with Gasteiger partial charge in [-0.25, -0.2) is 0 Å². The van der Waals surface area contributed by atoms with E-state index >= 15 is 0 Å². The van der Waals surface area contributed by atoms with Crippen LogP contribution in [0.4, 0.5) is 11.4 Å². The molecule has 0 radical (unpaired) electrons. The number of halogens is 1. The van der Waals surface area contributed by atoms with Crippen LogP contribution in [0.3, 0.4) is 0 Å². The average Bonchev–Trinajstić information content (AvgIpc) is 2.86. The Bertz CT molecular complexity index is 1230. The third-order valence-corrected chi connectivity index (χ3v) is 7.10. The number of nitrogens with zero attached hydrogens (tertiary/aromatic N) is 2. The Kier molecular flexibility index (Phi) is 7.60. The van der Waals surface area contributed by atoms with Gasteiger partial charge in [0.25, 0.3) is 11.8 Å². The number of amides is 2. The molecule has 7 heteroatoms. The summed E-state index contributed by atoms with van der Waals surface area (Å²) in [6, 6.07) is 23.0. The molecule has 0 aliphatic carbocycles. The number of thioether (sulfide) groups is 1. The minimum Gasteiger partial charge on any atom is -0.370 e. The van der Waals surface area contributed by atoms with Crippen LogP contribution in [0, 0.1) is 0 Å². The molecule has 174 valence electrons. The zero-order valence-corrected chi connectivity index (χ0v) is 20.7. The monoisotopic (exact) mass is 491 g/mol. The molecule has 0 saturated carbocycles. The fraction of sp³-hybridized carbons (Fsp3) is 0.185. The lowest BCUT2D eigenvalue weighted by atomic mass is 10.1. The number of benzene rings is 3. The maximum Gasteiger partial charge on any atom is 0.264 e. The summed E-state index contributed by atoms with van der Waals surface area (Å²) in [7, 11) is 1.72. The van der Waals surface area contributed by atoms with E-state index in [9.17, 15) is 9.59 Å². The highest BCUT2D eigenvalue weighted by Crippen LogP contribution is 2.42. The Morgan fingerprint density at radius 2 is 1.82 bits per heavy atom. The van der Waals surface area contributed by atoms with Crippen molar-refractivity contribution in [3.05, 3.63) is 93.9 Å². The lowest BCUT2D eigenvalue weighted by Gasteiger charge is -2.27. The fourth-order valence-corrected chi connectivity index (χ4v) is 5.06. The van der Waals surface area contributed by atoms with Crippen LogP contribution in [-0.2, 0) is 4.79 Å². The van der Waals surface area contributed by atoms with Crippen LogP contribution < -0.4 is 15.1 Å². The van der Waals surface area contributed by atoms with Crippen molar-refractivity contribution in [2.24, 2.45) is 0 Å². The van der Waals surface area contributed by atoms with Crippen LogP contribution in [0.2, 0.25) is 5.02 Å². The van der Waals surface area contributed by atoms with Gasteiger partial charge in [-0.05, 0) is 55.0 Å². The normalized spacial score (nSPS) is 14.1. The highest BCUT2D eigenvalue weighted by Gasteiger charge is 2.27. The number of likely N-dealkylation sites (N-methyl/N-ethyl adjacent to an activating group) is 2. The van der Waals surface area contributed by atoms with E-state index in [-0.39, 0.29) is 11.8 Å². The highest BCUT2D eigenvalue weighted by atomic mass is 35.5. The van der Waals surface area contributed by atoms with Gasteiger partial charge in [-0.2, -0.15) is 0 Å². The topological polar surface area (TPSA) is 52.7 Å². The first-order valence-corrected chi connectivity index (χ1v) is 12.3. The third kappa shape index (κ3) is 5.29. The first-order chi connectivity index (χ1) is 16.5. The summed E-state index contributed by atoms with van der Waals surface area (Å²) in [5.41, 5.74) is 3.18. The number of carbonyl (C=O) groups excluding carboxylic acids is 2. The zero-order chi connectivity index (χ0) is 24.1. The van der Waals surface area contributed by atoms with Gasteiger partial charge in [0.2, 0.25) is 0 Å². The number of para-hydroxylation sites is 1. The van der Waals surface area contributed by atoms with Gasteiger partial charge in [-0.1, -0.05) is 59.8 Å². The maximum atomic E-state index is 13.0. The Morgan fingerprint density at radius 3 is 2.56 bits per heavy atom. The number of fused-ring (bicyclic) bond motifs is 1. The molecule has 4 rings (SSSR count). The SMILES string of the molecule is CCN(CCNC(=O)c1ccc2c(c1)N(C)C(=O)/C(=C/c1ccccc1Cl)S2)c1ccccc1. The van der Waals surface area contributed by atoms with Gasteiger partial charge < -0.3 is 15.1 Å². The van der Waals surface area contributed by atoms with Crippen molar-refractivity contribution in [3.63, 3.8) is 0 Å². The second-order valence-electron chi connectivity index (χ2n) is 7.85. The number of rotatable bonds is 7. The smallest absolute Gasteiger partial charge is 0.264 e. The predicted molar refractivity (Wildman–Crippen MR) is 142 cm³/mol. The van der Waals surface area contributed by atoms with Crippen molar-refractivity contribution >= 4 is 52.6 Å². The van der Waals surface area contributed by atoms with Crippen molar-refractivity contribution in [2.75, 3.05) is 36.5 Å². The Morgan fingerprint density at radius 1 is 1.09 bits per heavy atom. The number of carbonyl (C=O) groups is 2. The molecule has 1 aliphatic rings. The Labute approximate surface area is 209 Å². The van der Waals surface area contributed by atoms with Crippen LogP contribution in [0.25, 0.3) is 6.08 Å². The molecule has 0 unspecified atom stereocenters. The number of anilines is 2. The second-order valence-corrected chi connectivity index (χ2v) is 9.34. The predicted octanol–water partition coefficient (Wildman–Crippen LogP) is 5.71. The van der Waals surface area contributed by atoms with Crippen LogP contribution in [-0.4, -0.2) is 38.5 Å². The number of hydrogen-bond acceptors (Lipinski definition) is 4. The van der Waals surface area contributed by atoms with Gasteiger partial charge in [0, 0.05) is 47.9 Å². The minimum absolute atomic E-state index is 0.128. The van der Waals surface area contributed by atoms with Crippen molar-refractivity contribution in [2.45, 2.75) is 11.8 Å². The maximum absolute atomic E-state index is 13.0. The summed E-state index contributed by atoms with van der Waals surface area (Å²) >= 11 is 7.65. The fourth-order valence-electron chi connectivity index (χ4n) is 3.78. The molecule has 3 aromatic carbocycles. The molecule has 2 amide bonds. The Hall–Kier alpha value is -3.22. The molecular weight excluding hydrogens is 466 g/mol. The molecule has 1 heterocycles.